The Kier molecular flexibility index (Phi) is 4.81. The fourth-order valence-electron chi connectivity index (χ4n) is 1.34. The number of benzene rings is 1. The molecule has 0 saturated carbocycles. The molecule has 1 unspecified atom stereocenters. The van der Waals surface area contributed by atoms with Crippen LogP contribution in [0.1, 0.15) is 31.7 Å². The van der Waals surface area contributed by atoms with Gasteiger partial charge in [0.1, 0.15) is 12.4 Å². The van der Waals surface area contributed by atoms with Gasteiger partial charge in [-0.05, 0) is 23.6 Å². The summed E-state index contributed by atoms with van der Waals surface area (Å²) in [5.41, 5.74) is 6.92. The Bertz CT molecular complexity index is 368. The molecule has 0 radical (unpaired) electrons. The molecule has 1 aromatic rings. The van der Waals surface area contributed by atoms with Crippen molar-refractivity contribution in [2.45, 2.75) is 32.2 Å². The summed E-state index contributed by atoms with van der Waals surface area (Å²) in [6, 6.07) is 9.79. The number of rotatable bonds is 5. The molecule has 1 rings (SSSR count). The first-order valence-electron chi connectivity index (χ1n) is 5.48. The minimum atomic E-state index is -0.215. The van der Waals surface area contributed by atoms with Crippen LogP contribution in [0.4, 0.5) is 0 Å². The molecule has 0 spiro atoms. The van der Waals surface area contributed by atoms with E-state index in [4.69, 9.17) is 15.7 Å². The minimum Gasteiger partial charge on any atom is -0.492 e. The summed E-state index contributed by atoms with van der Waals surface area (Å²) in [6.45, 7) is 4.66. The van der Waals surface area contributed by atoms with Crippen LogP contribution in [0.2, 0.25) is 0 Å². The number of hydrogen-bond donors (Lipinski definition) is 1. The second-order valence-corrected chi connectivity index (χ2v) is 4.16. The van der Waals surface area contributed by atoms with Gasteiger partial charge in [-0.25, -0.2) is 0 Å². The lowest BCUT2D eigenvalue weighted by atomic mass is 10.0. The van der Waals surface area contributed by atoms with Crippen LogP contribution in [0.15, 0.2) is 24.3 Å². The molecule has 0 aliphatic heterocycles. The van der Waals surface area contributed by atoms with Crippen LogP contribution in [-0.2, 0) is 0 Å². The van der Waals surface area contributed by atoms with E-state index in [-0.39, 0.29) is 6.04 Å². The van der Waals surface area contributed by atoms with Gasteiger partial charge in [0.05, 0.1) is 18.5 Å². The average Bonchev–Trinajstić information content (AvgIpc) is 2.27. The van der Waals surface area contributed by atoms with Gasteiger partial charge < -0.3 is 10.5 Å². The highest BCUT2D eigenvalue weighted by Gasteiger charge is 2.04. The van der Waals surface area contributed by atoms with Crippen LogP contribution in [0.5, 0.6) is 5.75 Å². The number of nitrogens with two attached hydrogens (primary N) is 1. The monoisotopic (exact) mass is 218 g/mol. The summed E-state index contributed by atoms with van der Waals surface area (Å²) in [5, 5.41) is 8.47. The number of ether oxygens (including phenoxy) is 1. The topological polar surface area (TPSA) is 59.0 Å². The van der Waals surface area contributed by atoms with E-state index < -0.39 is 0 Å². The fraction of sp³-hybridized carbons (Fsp3) is 0.462. The zero-order valence-corrected chi connectivity index (χ0v) is 9.81. The summed E-state index contributed by atoms with van der Waals surface area (Å²) in [7, 11) is 0. The predicted molar refractivity (Wildman–Crippen MR) is 64.2 cm³/mol. The molecule has 3 nitrogen and oxygen atoms in total. The average molecular weight is 218 g/mol. The maximum atomic E-state index is 8.47. The zero-order valence-electron chi connectivity index (χ0n) is 9.81. The van der Waals surface area contributed by atoms with Gasteiger partial charge in [-0.1, -0.05) is 26.0 Å². The van der Waals surface area contributed by atoms with Gasteiger partial charge in [-0.15, -0.1) is 0 Å². The highest BCUT2D eigenvalue weighted by molar-refractivity contribution is 5.30. The van der Waals surface area contributed by atoms with Gasteiger partial charge in [-0.2, -0.15) is 5.26 Å². The van der Waals surface area contributed by atoms with E-state index in [1.807, 2.05) is 24.3 Å². The molecule has 1 atom stereocenters. The largest absolute Gasteiger partial charge is 0.492 e. The lowest BCUT2D eigenvalue weighted by molar-refractivity contribution is 0.289. The van der Waals surface area contributed by atoms with Crippen LogP contribution >= 0.6 is 0 Å². The van der Waals surface area contributed by atoms with E-state index in [9.17, 15) is 0 Å². The molecule has 0 amide bonds. The fourth-order valence-corrected chi connectivity index (χ4v) is 1.34. The molecule has 0 fully saturated rings. The second-order valence-electron chi connectivity index (χ2n) is 4.16. The van der Waals surface area contributed by atoms with Crippen molar-refractivity contribution < 1.29 is 4.74 Å². The van der Waals surface area contributed by atoms with Crippen LogP contribution in [0.3, 0.4) is 0 Å². The van der Waals surface area contributed by atoms with Crippen molar-refractivity contribution in [1.29, 1.82) is 5.26 Å². The van der Waals surface area contributed by atoms with Crippen molar-refractivity contribution in [3.63, 3.8) is 0 Å². The first-order chi connectivity index (χ1) is 7.63. The van der Waals surface area contributed by atoms with Gasteiger partial charge in [0.15, 0.2) is 0 Å². The van der Waals surface area contributed by atoms with Crippen molar-refractivity contribution in [3.8, 4) is 11.8 Å². The highest BCUT2D eigenvalue weighted by atomic mass is 16.5. The maximum Gasteiger partial charge on any atom is 0.119 e. The lowest BCUT2D eigenvalue weighted by Gasteiger charge is -2.12. The molecule has 0 heterocycles. The predicted octanol–water partition coefficient (Wildman–Crippen LogP) is 2.43. The summed E-state index contributed by atoms with van der Waals surface area (Å²) in [5.74, 6) is 1.30. The molecule has 0 bridgehead atoms. The second kappa shape index (κ2) is 6.14. The molecule has 86 valence electrons. The van der Waals surface area contributed by atoms with E-state index >= 15 is 0 Å². The van der Waals surface area contributed by atoms with E-state index in [0.29, 0.717) is 18.9 Å². The Morgan fingerprint density at radius 2 is 2.19 bits per heavy atom. The minimum absolute atomic E-state index is 0.215. The SMILES string of the molecule is CC(C)c1cccc(OCC(N)CC#N)c1. The van der Waals surface area contributed by atoms with Gasteiger partial charge in [0.2, 0.25) is 0 Å². The quantitative estimate of drug-likeness (QED) is 0.825. The van der Waals surface area contributed by atoms with E-state index in [1.54, 1.807) is 0 Å². The third-order valence-electron chi connectivity index (χ3n) is 2.34. The molecule has 0 saturated heterocycles. The van der Waals surface area contributed by atoms with Crippen molar-refractivity contribution >= 4 is 0 Å². The van der Waals surface area contributed by atoms with Gasteiger partial charge in [-0.3, -0.25) is 0 Å². The van der Waals surface area contributed by atoms with Crippen molar-refractivity contribution in [3.05, 3.63) is 29.8 Å². The molecule has 2 N–H and O–H groups in total. The molecular weight excluding hydrogens is 200 g/mol. The van der Waals surface area contributed by atoms with Crippen LogP contribution < -0.4 is 10.5 Å². The molecule has 0 aromatic heterocycles. The summed E-state index contributed by atoms with van der Waals surface area (Å²) in [4.78, 5) is 0. The van der Waals surface area contributed by atoms with Crippen LogP contribution in [0.25, 0.3) is 0 Å². The zero-order chi connectivity index (χ0) is 12.0. The summed E-state index contributed by atoms with van der Waals surface area (Å²) in [6.07, 6.45) is 0.323. The molecule has 1 aromatic carbocycles. The smallest absolute Gasteiger partial charge is 0.119 e. The molecule has 0 aliphatic rings. The Hall–Kier alpha value is -1.53. The van der Waals surface area contributed by atoms with E-state index in [0.717, 1.165) is 5.75 Å². The van der Waals surface area contributed by atoms with Gasteiger partial charge in [0, 0.05) is 0 Å². The molecular formula is C13H18N2O. The Morgan fingerprint density at radius 3 is 2.81 bits per heavy atom. The van der Waals surface area contributed by atoms with Crippen molar-refractivity contribution in [1.82, 2.24) is 0 Å². The van der Waals surface area contributed by atoms with Crippen LogP contribution in [-0.4, -0.2) is 12.6 Å². The third kappa shape index (κ3) is 3.92. The first-order valence-corrected chi connectivity index (χ1v) is 5.48. The number of nitrogens with zero attached hydrogens (tertiary/aromatic N) is 1. The van der Waals surface area contributed by atoms with Gasteiger partial charge >= 0.3 is 0 Å². The third-order valence-corrected chi connectivity index (χ3v) is 2.34. The molecule has 0 aliphatic carbocycles. The normalized spacial score (nSPS) is 12.2. The van der Waals surface area contributed by atoms with Crippen molar-refractivity contribution in [2.24, 2.45) is 5.73 Å². The summed E-state index contributed by atoms with van der Waals surface area (Å²) < 4.78 is 5.54. The maximum absolute atomic E-state index is 8.47. The lowest BCUT2D eigenvalue weighted by Crippen LogP contribution is -2.27. The van der Waals surface area contributed by atoms with Gasteiger partial charge in [0.25, 0.3) is 0 Å². The number of hydrogen-bond acceptors (Lipinski definition) is 3. The Labute approximate surface area is 96.8 Å². The number of nitriles is 1. The Balaban J connectivity index is 2.54. The Morgan fingerprint density at radius 1 is 1.44 bits per heavy atom. The van der Waals surface area contributed by atoms with E-state index in [2.05, 4.69) is 19.9 Å². The highest BCUT2D eigenvalue weighted by Crippen LogP contribution is 2.20. The molecule has 16 heavy (non-hydrogen) atoms. The van der Waals surface area contributed by atoms with Crippen molar-refractivity contribution in [2.75, 3.05) is 6.61 Å². The van der Waals surface area contributed by atoms with Crippen LogP contribution in [0, 0.1) is 11.3 Å². The first kappa shape index (κ1) is 12.5. The van der Waals surface area contributed by atoms with E-state index in [1.165, 1.54) is 5.56 Å². The standard InChI is InChI=1S/C13H18N2O/c1-10(2)11-4-3-5-13(8-11)16-9-12(15)6-7-14/h3-5,8,10,12H,6,9,15H2,1-2H3. The summed E-state index contributed by atoms with van der Waals surface area (Å²) >= 11 is 0. The molecule has 3 heteroatoms.